The molecule has 100 valence electrons. The van der Waals surface area contributed by atoms with Crippen LogP contribution < -0.4 is 4.74 Å². The van der Waals surface area contributed by atoms with E-state index in [-0.39, 0.29) is 11.5 Å². The maximum atomic E-state index is 12.2. The summed E-state index contributed by atoms with van der Waals surface area (Å²) in [4.78, 5) is 12.2. The van der Waals surface area contributed by atoms with E-state index in [1.807, 2.05) is 0 Å². The summed E-state index contributed by atoms with van der Waals surface area (Å²) in [7, 11) is 0. The molecule has 0 aromatic heterocycles. The van der Waals surface area contributed by atoms with E-state index in [4.69, 9.17) is 39.5 Å². The van der Waals surface area contributed by atoms with Crippen LogP contribution in [-0.4, -0.2) is 5.78 Å². The predicted molar refractivity (Wildman–Crippen MR) is 80.8 cm³/mol. The van der Waals surface area contributed by atoms with Crippen LogP contribution in [-0.2, 0) is 0 Å². The zero-order valence-corrected chi connectivity index (χ0v) is 12.3. The molecule has 0 unspecified atom stereocenters. The van der Waals surface area contributed by atoms with E-state index in [0.29, 0.717) is 26.4 Å². The fraction of sp³-hybridized carbons (Fsp3) is 0. The summed E-state index contributed by atoms with van der Waals surface area (Å²) in [6, 6.07) is 10.0. The van der Waals surface area contributed by atoms with Crippen molar-refractivity contribution in [3.8, 4) is 5.75 Å². The fourth-order valence-electron chi connectivity index (χ4n) is 1.91. The van der Waals surface area contributed by atoms with Gasteiger partial charge in [0.05, 0.1) is 15.6 Å². The highest BCUT2D eigenvalue weighted by Crippen LogP contribution is 2.34. The third-order valence-corrected chi connectivity index (χ3v) is 3.85. The van der Waals surface area contributed by atoms with Gasteiger partial charge in [0.2, 0.25) is 5.78 Å². The SMILES string of the molecule is O=C1/C(=C/c2ccc(Cl)c(Cl)c2)Oc2ccc(Cl)cc21. The first-order valence-electron chi connectivity index (χ1n) is 5.73. The molecule has 1 aliphatic heterocycles. The Kier molecular flexibility index (Phi) is 3.47. The first kappa shape index (κ1) is 13.5. The average Bonchev–Trinajstić information content (AvgIpc) is 2.71. The summed E-state index contributed by atoms with van der Waals surface area (Å²) in [5.74, 6) is 0.542. The lowest BCUT2D eigenvalue weighted by molar-refractivity contribution is 0.101. The highest BCUT2D eigenvalue weighted by atomic mass is 35.5. The van der Waals surface area contributed by atoms with Crippen molar-refractivity contribution in [1.29, 1.82) is 0 Å². The van der Waals surface area contributed by atoms with E-state index < -0.39 is 0 Å². The fourth-order valence-corrected chi connectivity index (χ4v) is 2.39. The summed E-state index contributed by atoms with van der Waals surface area (Å²) in [5, 5.41) is 1.38. The number of hydrogen-bond donors (Lipinski definition) is 0. The van der Waals surface area contributed by atoms with Crippen LogP contribution in [0.5, 0.6) is 5.75 Å². The Morgan fingerprint density at radius 1 is 0.950 bits per heavy atom. The van der Waals surface area contributed by atoms with Crippen molar-refractivity contribution in [2.45, 2.75) is 0 Å². The minimum atomic E-state index is -0.200. The van der Waals surface area contributed by atoms with Crippen molar-refractivity contribution in [1.82, 2.24) is 0 Å². The average molecular weight is 326 g/mol. The van der Waals surface area contributed by atoms with Gasteiger partial charge in [0.15, 0.2) is 5.76 Å². The summed E-state index contributed by atoms with van der Waals surface area (Å²) in [6.07, 6.45) is 1.62. The van der Waals surface area contributed by atoms with Crippen LogP contribution in [0.15, 0.2) is 42.2 Å². The highest BCUT2D eigenvalue weighted by Gasteiger charge is 2.27. The van der Waals surface area contributed by atoms with E-state index in [0.717, 1.165) is 5.56 Å². The molecule has 0 atom stereocenters. The van der Waals surface area contributed by atoms with E-state index in [9.17, 15) is 4.79 Å². The van der Waals surface area contributed by atoms with Crippen LogP contribution in [0, 0.1) is 0 Å². The van der Waals surface area contributed by atoms with E-state index in [2.05, 4.69) is 0 Å². The zero-order valence-electron chi connectivity index (χ0n) is 9.99. The first-order chi connectivity index (χ1) is 9.54. The first-order valence-corrected chi connectivity index (χ1v) is 6.87. The van der Waals surface area contributed by atoms with Crippen molar-refractivity contribution in [2.24, 2.45) is 0 Å². The van der Waals surface area contributed by atoms with Gasteiger partial charge in [-0.3, -0.25) is 4.79 Å². The van der Waals surface area contributed by atoms with Crippen molar-refractivity contribution in [3.63, 3.8) is 0 Å². The molecule has 2 aromatic rings. The van der Waals surface area contributed by atoms with Crippen LogP contribution in [0.2, 0.25) is 15.1 Å². The van der Waals surface area contributed by atoms with Gasteiger partial charge >= 0.3 is 0 Å². The molecule has 0 spiro atoms. The Balaban J connectivity index is 1.99. The highest BCUT2D eigenvalue weighted by molar-refractivity contribution is 6.42. The number of hydrogen-bond acceptors (Lipinski definition) is 2. The van der Waals surface area contributed by atoms with Crippen LogP contribution in [0.3, 0.4) is 0 Å². The normalized spacial score (nSPS) is 15.3. The third-order valence-electron chi connectivity index (χ3n) is 2.87. The number of rotatable bonds is 1. The molecule has 5 heteroatoms. The van der Waals surface area contributed by atoms with E-state index >= 15 is 0 Å². The topological polar surface area (TPSA) is 26.3 Å². The number of carbonyl (C=O) groups is 1. The Morgan fingerprint density at radius 3 is 2.50 bits per heavy atom. The van der Waals surface area contributed by atoms with Gasteiger partial charge in [-0.25, -0.2) is 0 Å². The second-order valence-electron chi connectivity index (χ2n) is 4.25. The molecule has 3 rings (SSSR count). The third kappa shape index (κ3) is 2.42. The van der Waals surface area contributed by atoms with Gasteiger partial charge in [-0.1, -0.05) is 40.9 Å². The number of halogens is 3. The molecule has 0 saturated carbocycles. The Hall–Kier alpha value is -1.48. The number of ketones is 1. The molecular formula is C15H7Cl3O2. The van der Waals surface area contributed by atoms with Crippen LogP contribution in [0.1, 0.15) is 15.9 Å². The second-order valence-corrected chi connectivity index (χ2v) is 5.50. The van der Waals surface area contributed by atoms with E-state index in [1.54, 1.807) is 42.5 Å². The maximum absolute atomic E-state index is 12.2. The smallest absolute Gasteiger partial charge is 0.232 e. The van der Waals surface area contributed by atoms with Gasteiger partial charge in [0.1, 0.15) is 5.75 Å². The molecular weight excluding hydrogens is 319 g/mol. The summed E-state index contributed by atoms with van der Waals surface area (Å²) >= 11 is 17.7. The lowest BCUT2D eigenvalue weighted by Crippen LogP contribution is -1.98. The monoisotopic (exact) mass is 324 g/mol. The maximum Gasteiger partial charge on any atom is 0.232 e. The molecule has 0 radical (unpaired) electrons. The molecule has 20 heavy (non-hydrogen) atoms. The number of fused-ring (bicyclic) bond motifs is 1. The molecule has 0 amide bonds. The van der Waals surface area contributed by atoms with Gasteiger partial charge in [-0.2, -0.15) is 0 Å². The van der Waals surface area contributed by atoms with Crippen molar-refractivity contribution in [2.75, 3.05) is 0 Å². The Morgan fingerprint density at radius 2 is 1.75 bits per heavy atom. The molecule has 2 aromatic carbocycles. The minimum Gasteiger partial charge on any atom is -0.452 e. The molecule has 0 saturated heterocycles. The lowest BCUT2D eigenvalue weighted by Gasteiger charge is -2.00. The van der Waals surface area contributed by atoms with Crippen molar-refractivity contribution < 1.29 is 9.53 Å². The quantitative estimate of drug-likeness (QED) is 0.668. The number of benzene rings is 2. The van der Waals surface area contributed by atoms with Crippen molar-refractivity contribution in [3.05, 3.63) is 68.4 Å². The lowest BCUT2D eigenvalue weighted by atomic mass is 10.1. The summed E-state index contributed by atoms with van der Waals surface area (Å²) in [5.41, 5.74) is 1.20. The predicted octanol–water partition coefficient (Wildman–Crippen LogP) is 5.26. The van der Waals surface area contributed by atoms with Crippen LogP contribution >= 0.6 is 34.8 Å². The van der Waals surface area contributed by atoms with Crippen molar-refractivity contribution >= 4 is 46.7 Å². The summed E-state index contributed by atoms with van der Waals surface area (Å²) in [6.45, 7) is 0. The minimum absolute atomic E-state index is 0.200. The van der Waals surface area contributed by atoms with Gasteiger partial charge in [-0.05, 0) is 42.0 Å². The summed E-state index contributed by atoms with van der Waals surface area (Å²) < 4.78 is 5.53. The van der Waals surface area contributed by atoms with Gasteiger partial charge in [0, 0.05) is 5.02 Å². The number of carbonyl (C=O) groups excluding carboxylic acids is 1. The van der Waals surface area contributed by atoms with E-state index in [1.165, 1.54) is 0 Å². The van der Waals surface area contributed by atoms with Crippen LogP contribution in [0.4, 0.5) is 0 Å². The largest absolute Gasteiger partial charge is 0.452 e. The molecule has 0 bridgehead atoms. The number of ether oxygens (including phenoxy) is 1. The zero-order chi connectivity index (χ0) is 14.3. The van der Waals surface area contributed by atoms with Gasteiger partial charge < -0.3 is 4.74 Å². The molecule has 1 heterocycles. The number of Topliss-reactive ketones (excluding diaryl/α,β-unsaturated/α-hetero) is 1. The molecule has 0 aliphatic carbocycles. The Bertz CT molecular complexity index is 751. The molecule has 0 fully saturated rings. The molecule has 2 nitrogen and oxygen atoms in total. The Labute approximate surface area is 130 Å². The molecule has 1 aliphatic rings. The molecule has 0 N–H and O–H groups in total. The standard InChI is InChI=1S/C15H7Cl3O2/c16-9-2-4-13-10(7-9)15(19)14(20-13)6-8-1-3-11(17)12(18)5-8/h1-7H/b14-6-. The second kappa shape index (κ2) is 5.13. The van der Waals surface area contributed by atoms with Crippen LogP contribution in [0.25, 0.3) is 6.08 Å². The number of allylic oxidation sites excluding steroid dienone is 1. The van der Waals surface area contributed by atoms with Gasteiger partial charge in [-0.15, -0.1) is 0 Å². The van der Waals surface area contributed by atoms with Gasteiger partial charge in [0.25, 0.3) is 0 Å².